The van der Waals surface area contributed by atoms with Crippen LogP contribution >= 0.6 is 11.6 Å². The van der Waals surface area contributed by atoms with Crippen molar-refractivity contribution in [2.75, 3.05) is 18.9 Å². The first-order valence-electron chi connectivity index (χ1n) is 5.64. The van der Waals surface area contributed by atoms with Crippen LogP contribution in [-0.2, 0) is 14.8 Å². The van der Waals surface area contributed by atoms with Crippen LogP contribution in [0.1, 0.15) is 12.8 Å². The van der Waals surface area contributed by atoms with E-state index in [9.17, 15) is 8.42 Å². The highest BCUT2D eigenvalue weighted by atomic mass is 35.5. The number of nitrogen functional groups attached to an aromatic ring is 1. The molecular formula is C11H15ClN2O3S. The summed E-state index contributed by atoms with van der Waals surface area (Å²) in [6, 6.07) is 4.09. The Morgan fingerprint density at radius 2 is 2.22 bits per heavy atom. The molecule has 1 heterocycles. The first-order chi connectivity index (χ1) is 8.49. The van der Waals surface area contributed by atoms with E-state index in [1.54, 1.807) is 0 Å². The van der Waals surface area contributed by atoms with Gasteiger partial charge in [0.1, 0.15) is 0 Å². The Labute approximate surface area is 111 Å². The summed E-state index contributed by atoms with van der Waals surface area (Å²) in [5, 5.41) is 0.343. The maximum Gasteiger partial charge on any atom is 0.240 e. The van der Waals surface area contributed by atoms with Crippen molar-refractivity contribution in [3.05, 3.63) is 23.2 Å². The first kappa shape index (κ1) is 13.6. The zero-order valence-corrected chi connectivity index (χ0v) is 11.3. The molecule has 1 fully saturated rings. The van der Waals surface area contributed by atoms with E-state index >= 15 is 0 Å². The van der Waals surface area contributed by atoms with Crippen LogP contribution in [0.2, 0.25) is 5.02 Å². The predicted molar refractivity (Wildman–Crippen MR) is 70.0 cm³/mol. The molecule has 18 heavy (non-hydrogen) atoms. The quantitative estimate of drug-likeness (QED) is 0.824. The fourth-order valence-electron chi connectivity index (χ4n) is 1.81. The van der Waals surface area contributed by atoms with Crippen LogP contribution in [0.25, 0.3) is 0 Å². The monoisotopic (exact) mass is 290 g/mol. The van der Waals surface area contributed by atoms with Crippen molar-refractivity contribution in [1.29, 1.82) is 0 Å². The van der Waals surface area contributed by atoms with Gasteiger partial charge in [-0.25, -0.2) is 13.1 Å². The number of rotatable bonds is 3. The van der Waals surface area contributed by atoms with Gasteiger partial charge in [0.25, 0.3) is 0 Å². The SMILES string of the molecule is Nc1cc(S(=O)(=O)NC2CCCOC2)ccc1Cl. The molecule has 1 aliphatic rings. The molecule has 2 rings (SSSR count). The number of halogens is 1. The highest BCUT2D eigenvalue weighted by Gasteiger charge is 2.22. The second-order valence-corrected chi connectivity index (χ2v) is 6.34. The molecule has 1 atom stereocenters. The molecule has 0 amide bonds. The smallest absolute Gasteiger partial charge is 0.240 e. The van der Waals surface area contributed by atoms with Crippen LogP contribution in [-0.4, -0.2) is 27.7 Å². The Balaban J connectivity index is 2.16. The first-order valence-corrected chi connectivity index (χ1v) is 7.50. The molecule has 7 heteroatoms. The molecule has 5 nitrogen and oxygen atoms in total. The van der Waals surface area contributed by atoms with E-state index in [1.165, 1.54) is 18.2 Å². The molecule has 100 valence electrons. The van der Waals surface area contributed by atoms with E-state index in [1.807, 2.05) is 0 Å². The number of ether oxygens (including phenoxy) is 1. The van der Waals surface area contributed by atoms with E-state index in [-0.39, 0.29) is 16.6 Å². The fraction of sp³-hybridized carbons (Fsp3) is 0.455. The Kier molecular flexibility index (Phi) is 4.11. The largest absolute Gasteiger partial charge is 0.397 e. The van der Waals surface area contributed by atoms with Gasteiger partial charge >= 0.3 is 0 Å². The van der Waals surface area contributed by atoms with E-state index < -0.39 is 10.0 Å². The van der Waals surface area contributed by atoms with Crippen molar-refractivity contribution in [1.82, 2.24) is 4.72 Å². The maximum atomic E-state index is 12.1. The van der Waals surface area contributed by atoms with Gasteiger partial charge < -0.3 is 10.5 Å². The zero-order valence-electron chi connectivity index (χ0n) is 9.73. The van der Waals surface area contributed by atoms with Gasteiger partial charge in [-0.2, -0.15) is 0 Å². The Morgan fingerprint density at radius 1 is 1.44 bits per heavy atom. The molecule has 3 N–H and O–H groups in total. The van der Waals surface area contributed by atoms with Crippen molar-refractivity contribution in [2.45, 2.75) is 23.8 Å². The summed E-state index contributed by atoms with van der Waals surface area (Å²) >= 11 is 5.76. The molecular weight excluding hydrogens is 276 g/mol. The average molecular weight is 291 g/mol. The lowest BCUT2D eigenvalue weighted by Gasteiger charge is -2.23. The zero-order chi connectivity index (χ0) is 13.2. The molecule has 0 spiro atoms. The number of anilines is 1. The third-order valence-corrected chi connectivity index (χ3v) is 4.62. The fourth-order valence-corrected chi connectivity index (χ4v) is 3.22. The predicted octanol–water partition coefficient (Wildman–Crippen LogP) is 1.38. The minimum atomic E-state index is -3.57. The highest BCUT2D eigenvalue weighted by Crippen LogP contribution is 2.22. The van der Waals surface area contributed by atoms with Crippen LogP contribution in [0, 0.1) is 0 Å². The molecule has 0 aromatic heterocycles. The lowest BCUT2D eigenvalue weighted by atomic mass is 10.1. The van der Waals surface area contributed by atoms with Crippen molar-refractivity contribution in [3.63, 3.8) is 0 Å². The summed E-state index contributed by atoms with van der Waals surface area (Å²) < 4.78 is 32.0. The third-order valence-electron chi connectivity index (χ3n) is 2.76. The third kappa shape index (κ3) is 3.14. The van der Waals surface area contributed by atoms with Gasteiger partial charge in [0.2, 0.25) is 10.0 Å². The summed E-state index contributed by atoms with van der Waals surface area (Å²) in [6.07, 6.45) is 1.64. The van der Waals surface area contributed by atoms with Gasteiger partial charge in [-0.05, 0) is 31.0 Å². The van der Waals surface area contributed by atoms with E-state index in [4.69, 9.17) is 22.1 Å². The van der Waals surface area contributed by atoms with Gasteiger partial charge in [0.05, 0.1) is 22.2 Å². The van der Waals surface area contributed by atoms with Crippen LogP contribution in [0.5, 0.6) is 0 Å². The van der Waals surface area contributed by atoms with Crippen LogP contribution < -0.4 is 10.5 Å². The lowest BCUT2D eigenvalue weighted by molar-refractivity contribution is 0.0774. The normalized spacial score (nSPS) is 20.8. The van der Waals surface area contributed by atoms with E-state index in [0.29, 0.717) is 18.2 Å². The standard InChI is InChI=1S/C11H15ClN2O3S/c12-10-4-3-9(6-11(10)13)18(15,16)14-8-2-1-5-17-7-8/h3-4,6,8,14H,1-2,5,7,13H2. The summed E-state index contributed by atoms with van der Waals surface area (Å²) in [6.45, 7) is 1.09. The van der Waals surface area contributed by atoms with Gasteiger partial charge in [-0.1, -0.05) is 11.6 Å². The van der Waals surface area contributed by atoms with E-state index in [2.05, 4.69) is 4.72 Å². The molecule has 0 aliphatic carbocycles. The molecule has 0 saturated carbocycles. The number of nitrogens with one attached hydrogen (secondary N) is 1. The van der Waals surface area contributed by atoms with Crippen molar-refractivity contribution in [2.24, 2.45) is 0 Å². The molecule has 1 aliphatic heterocycles. The number of nitrogens with two attached hydrogens (primary N) is 1. The van der Waals surface area contributed by atoms with Crippen molar-refractivity contribution >= 4 is 27.3 Å². The summed E-state index contributed by atoms with van der Waals surface area (Å²) in [5.41, 5.74) is 5.85. The minimum absolute atomic E-state index is 0.120. The average Bonchev–Trinajstić information content (AvgIpc) is 2.33. The number of hydrogen-bond donors (Lipinski definition) is 2. The lowest BCUT2D eigenvalue weighted by Crippen LogP contribution is -2.40. The number of hydrogen-bond acceptors (Lipinski definition) is 4. The molecule has 1 aromatic rings. The number of benzene rings is 1. The van der Waals surface area contributed by atoms with Gasteiger partial charge in [-0.15, -0.1) is 0 Å². The van der Waals surface area contributed by atoms with Crippen LogP contribution in [0.3, 0.4) is 0 Å². The molecule has 0 bridgehead atoms. The Bertz CT molecular complexity index is 527. The maximum absolute atomic E-state index is 12.1. The molecule has 1 saturated heterocycles. The summed E-state index contributed by atoms with van der Waals surface area (Å²) in [7, 11) is -3.57. The summed E-state index contributed by atoms with van der Waals surface area (Å²) in [4.78, 5) is 0.120. The van der Waals surface area contributed by atoms with E-state index in [0.717, 1.165) is 12.8 Å². The van der Waals surface area contributed by atoms with Crippen LogP contribution in [0.15, 0.2) is 23.1 Å². The second-order valence-electron chi connectivity index (χ2n) is 4.22. The second kappa shape index (κ2) is 5.44. The van der Waals surface area contributed by atoms with Gasteiger partial charge in [0.15, 0.2) is 0 Å². The Morgan fingerprint density at radius 3 is 2.83 bits per heavy atom. The van der Waals surface area contributed by atoms with Crippen LogP contribution in [0.4, 0.5) is 5.69 Å². The molecule has 1 aromatic carbocycles. The van der Waals surface area contributed by atoms with Crippen molar-refractivity contribution < 1.29 is 13.2 Å². The highest BCUT2D eigenvalue weighted by molar-refractivity contribution is 7.89. The summed E-state index contributed by atoms with van der Waals surface area (Å²) in [5.74, 6) is 0. The Hall–Kier alpha value is -0.820. The van der Waals surface area contributed by atoms with Gasteiger partial charge in [-0.3, -0.25) is 0 Å². The molecule has 1 unspecified atom stereocenters. The molecule has 0 radical (unpaired) electrons. The number of sulfonamides is 1. The minimum Gasteiger partial charge on any atom is -0.397 e. The van der Waals surface area contributed by atoms with Gasteiger partial charge in [0, 0.05) is 12.6 Å². The topological polar surface area (TPSA) is 81.4 Å². The van der Waals surface area contributed by atoms with Crippen molar-refractivity contribution in [3.8, 4) is 0 Å².